The number of aromatic nitrogens is 5. The summed E-state index contributed by atoms with van der Waals surface area (Å²) in [6.45, 7) is 2.04. The Morgan fingerprint density at radius 2 is 2.37 bits per heavy atom. The Labute approximate surface area is 108 Å². The van der Waals surface area contributed by atoms with Crippen LogP contribution < -0.4 is 5.32 Å². The number of fused-ring (bicyclic) bond motifs is 1. The third kappa shape index (κ3) is 2.26. The van der Waals surface area contributed by atoms with Crippen LogP contribution in [0, 0.1) is 5.82 Å². The van der Waals surface area contributed by atoms with Gasteiger partial charge in [0, 0.05) is 12.4 Å². The van der Waals surface area contributed by atoms with E-state index in [0.717, 1.165) is 12.2 Å². The molecule has 0 amide bonds. The number of nitrogens with zero attached hydrogens (tertiary/aromatic N) is 4. The van der Waals surface area contributed by atoms with Gasteiger partial charge < -0.3 is 10.3 Å². The fourth-order valence-electron chi connectivity index (χ4n) is 1.91. The quantitative estimate of drug-likeness (QED) is 0.754. The number of anilines is 1. The van der Waals surface area contributed by atoms with Gasteiger partial charge in [-0.05, 0) is 18.6 Å². The third-order valence-electron chi connectivity index (χ3n) is 2.86. The molecular formula is C12H13FN6. The largest absolute Gasteiger partial charge is 0.347 e. The first-order valence-electron chi connectivity index (χ1n) is 6.04. The van der Waals surface area contributed by atoms with Crippen LogP contribution in [0.15, 0.2) is 30.7 Å². The smallest absolute Gasteiger partial charge is 0.243 e. The summed E-state index contributed by atoms with van der Waals surface area (Å²) in [4.78, 5) is 11.6. The van der Waals surface area contributed by atoms with Crippen molar-refractivity contribution < 1.29 is 4.39 Å². The zero-order valence-electron chi connectivity index (χ0n) is 10.3. The molecule has 1 atom stereocenters. The molecule has 3 rings (SSSR count). The van der Waals surface area contributed by atoms with Crippen LogP contribution in [-0.4, -0.2) is 24.6 Å². The minimum Gasteiger partial charge on any atom is -0.347 e. The highest BCUT2D eigenvalue weighted by Gasteiger charge is 2.14. The summed E-state index contributed by atoms with van der Waals surface area (Å²) in [6.07, 6.45) is 5.59. The van der Waals surface area contributed by atoms with Gasteiger partial charge >= 0.3 is 0 Å². The van der Waals surface area contributed by atoms with Crippen molar-refractivity contribution in [1.82, 2.24) is 24.6 Å². The Hall–Kier alpha value is -2.44. The molecule has 0 saturated heterocycles. The molecule has 2 N–H and O–H groups in total. The van der Waals surface area contributed by atoms with Crippen LogP contribution in [0.4, 0.5) is 10.3 Å². The zero-order chi connectivity index (χ0) is 13.2. The predicted octanol–water partition coefficient (Wildman–Crippen LogP) is 2.15. The molecule has 1 unspecified atom stereocenters. The Bertz CT molecular complexity index is 675. The van der Waals surface area contributed by atoms with Gasteiger partial charge in [-0.15, -0.1) is 5.10 Å². The first-order valence-corrected chi connectivity index (χ1v) is 6.04. The molecule has 0 radical (unpaired) electrons. The molecule has 98 valence electrons. The standard InChI is InChI=1S/C12H13FN6/c1-2-9(11-14-5-6-15-11)16-12-17-10-4-3-8(13)7-19(10)18-12/h3-7,9H,2H2,1H3,(H,14,15)(H,16,18). The Balaban J connectivity index is 1.88. The lowest BCUT2D eigenvalue weighted by atomic mass is 10.2. The molecular weight excluding hydrogens is 247 g/mol. The lowest BCUT2D eigenvalue weighted by Gasteiger charge is -2.12. The van der Waals surface area contributed by atoms with E-state index >= 15 is 0 Å². The summed E-state index contributed by atoms with van der Waals surface area (Å²) in [5.74, 6) is 0.934. The van der Waals surface area contributed by atoms with Crippen LogP contribution >= 0.6 is 0 Å². The molecule has 3 aromatic rings. The number of H-pyrrole nitrogens is 1. The van der Waals surface area contributed by atoms with Gasteiger partial charge in [-0.3, -0.25) is 0 Å². The highest BCUT2D eigenvalue weighted by molar-refractivity contribution is 5.43. The maximum atomic E-state index is 13.1. The molecule has 0 fully saturated rings. The van der Waals surface area contributed by atoms with Crippen molar-refractivity contribution in [2.24, 2.45) is 0 Å². The fourth-order valence-corrected chi connectivity index (χ4v) is 1.91. The number of aromatic amines is 1. The average Bonchev–Trinajstić information content (AvgIpc) is 3.04. The minimum atomic E-state index is -0.345. The van der Waals surface area contributed by atoms with Crippen molar-refractivity contribution in [2.45, 2.75) is 19.4 Å². The van der Waals surface area contributed by atoms with Crippen LogP contribution in [0.25, 0.3) is 5.65 Å². The Morgan fingerprint density at radius 1 is 1.47 bits per heavy atom. The lowest BCUT2D eigenvalue weighted by molar-refractivity contribution is 0.614. The van der Waals surface area contributed by atoms with Gasteiger partial charge in [0.05, 0.1) is 12.2 Å². The van der Waals surface area contributed by atoms with E-state index in [1.165, 1.54) is 16.8 Å². The van der Waals surface area contributed by atoms with E-state index in [0.29, 0.717) is 11.6 Å². The minimum absolute atomic E-state index is 0.00254. The van der Waals surface area contributed by atoms with Gasteiger partial charge in [0.15, 0.2) is 5.65 Å². The lowest BCUT2D eigenvalue weighted by Crippen LogP contribution is -2.12. The fraction of sp³-hybridized carbons (Fsp3) is 0.250. The second-order valence-corrected chi connectivity index (χ2v) is 4.17. The van der Waals surface area contributed by atoms with Crippen LogP contribution in [0.3, 0.4) is 0 Å². The van der Waals surface area contributed by atoms with Crippen molar-refractivity contribution in [3.8, 4) is 0 Å². The number of hydrogen-bond donors (Lipinski definition) is 2. The van der Waals surface area contributed by atoms with Crippen LogP contribution in [0.5, 0.6) is 0 Å². The molecule has 0 bridgehead atoms. The Morgan fingerprint density at radius 3 is 3.11 bits per heavy atom. The van der Waals surface area contributed by atoms with E-state index in [1.54, 1.807) is 18.5 Å². The van der Waals surface area contributed by atoms with Crippen molar-refractivity contribution >= 4 is 11.6 Å². The highest BCUT2D eigenvalue weighted by Crippen LogP contribution is 2.17. The summed E-state index contributed by atoms with van der Waals surface area (Å²) < 4.78 is 14.5. The van der Waals surface area contributed by atoms with E-state index in [-0.39, 0.29) is 11.9 Å². The molecule has 0 spiro atoms. The maximum absolute atomic E-state index is 13.1. The second-order valence-electron chi connectivity index (χ2n) is 4.17. The van der Waals surface area contributed by atoms with E-state index in [1.807, 2.05) is 6.92 Å². The molecule has 6 nitrogen and oxygen atoms in total. The maximum Gasteiger partial charge on any atom is 0.243 e. The van der Waals surface area contributed by atoms with Crippen molar-refractivity contribution in [3.05, 3.63) is 42.4 Å². The second kappa shape index (κ2) is 4.68. The number of pyridine rings is 1. The average molecular weight is 260 g/mol. The Kier molecular flexibility index (Phi) is 2.86. The van der Waals surface area contributed by atoms with Crippen LogP contribution in [0.2, 0.25) is 0 Å². The number of nitrogens with one attached hydrogen (secondary N) is 2. The van der Waals surface area contributed by atoms with E-state index in [4.69, 9.17) is 0 Å². The van der Waals surface area contributed by atoms with Crippen molar-refractivity contribution in [3.63, 3.8) is 0 Å². The summed E-state index contributed by atoms with van der Waals surface area (Å²) in [6, 6.07) is 2.94. The number of halogens is 1. The van der Waals surface area contributed by atoms with Crippen LogP contribution in [0.1, 0.15) is 25.2 Å². The molecule has 0 aliphatic heterocycles. The SMILES string of the molecule is CCC(Nc1nc2ccc(F)cn2n1)c1ncc[nH]1. The summed E-state index contributed by atoms with van der Waals surface area (Å²) in [7, 11) is 0. The molecule has 3 aromatic heterocycles. The number of hydrogen-bond acceptors (Lipinski definition) is 4. The zero-order valence-corrected chi connectivity index (χ0v) is 10.3. The summed E-state index contributed by atoms with van der Waals surface area (Å²) in [5.41, 5.74) is 0.596. The first-order chi connectivity index (χ1) is 9.26. The van der Waals surface area contributed by atoms with Gasteiger partial charge in [0.1, 0.15) is 11.6 Å². The molecule has 3 heterocycles. The van der Waals surface area contributed by atoms with Gasteiger partial charge in [-0.25, -0.2) is 13.9 Å². The van der Waals surface area contributed by atoms with E-state index < -0.39 is 0 Å². The first kappa shape index (κ1) is 11.6. The van der Waals surface area contributed by atoms with Gasteiger partial charge in [0.25, 0.3) is 0 Å². The van der Waals surface area contributed by atoms with Crippen molar-refractivity contribution in [1.29, 1.82) is 0 Å². The molecule has 7 heteroatoms. The van der Waals surface area contributed by atoms with Gasteiger partial charge in [-0.1, -0.05) is 6.92 Å². The summed E-state index contributed by atoms with van der Waals surface area (Å²) >= 11 is 0. The normalized spacial score (nSPS) is 12.7. The summed E-state index contributed by atoms with van der Waals surface area (Å²) in [5, 5.41) is 7.36. The highest BCUT2D eigenvalue weighted by atomic mass is 19.1. The molecule has 0 aliphatic carbocycles. The molecule has 0 aliphatic rings. The van der Waals surface area contributed by atoms with Crippen molar-refractivity contribution in [2.75, 3.05) is 5.32 Å². The number of rotatable bonds is 4. The molecule has 0 saturated carbocycles. The molecule has 0 aromatic carbocycles. The van der Waals surface area contributed by atoms with E-state index in [9.17, 15) is 4.39 Å². The predicted molar refractivity (Wildman–Crippen MR) is 68.2 cm³/mol. The third-order valence-corrected chi connectivity index (χ3v) is 2.86. The monoisotopic (exact) mass is 260 g/mol. The van der Waals surface area contributed by atoms with Gasteiger partial charge in [-0.2, -0.15) is 4.98 Å². The van der Waals surface area contributed by atoms with E-state index in [2.05, 4.69) is 25.4 Å². The number of imidazole rings is 1. The van der Waals surface area contributed by atoms with Crippen LogP contribution in [-0.2, 0) is 0 Å². The van der Waals surface area contributed by atoms with Gasteiger partial charge in [0.2, 0.25) is 5.95 Å². The topological polar surface area (TPSA) is 70.9 Å². The molecule has 19 heavy (non-hydrogen) atoms.